The van der Waals surface area contributed by atoms with Gasteiger partial charge < -0.3 is 4.74 Å². The number of aromatic nitrogens is 2. The van der Waals surface area contributed by atoms with E-state index in [-0.39, 0.29) is 16.5 Å². The Morgan fingerprint density at radius 1 is 1.26 bits per heavy atom. The van der Waals surface area contributed by atoms with Crippen molar-refractivity contribution in [2.75, 3.05) is 5.75 Å². The number of ether oxygens (including phenoxy) is 1. The number of sulfonamides is 1. The molecule has 1 amide bonds. The normalized spacial score (nSPS) is 12.6. The summed E-state index contributed by atoms with van der Waals surface area (Å²) in [5, 5.41) is 5.95. The van der Waals surface area contributed by atoms with Crippen molar-refractivity contribution in [2.24, 2.45) is 7.05 Å². The first-order chi connectivity index (χ1) is 14.4. The van der Waals surface area contributed by atoms with Crippen LogP contribution in [-0.2, 0) is 21.9 Å². The molecule has 0 fully saturated rings. The van der Waals surface area contributed by atoms with Crippen LogP contribution < -0.4 is 9.46 Å². The maximum Gasteiger partial charge on any atom is 0.274 e. The molecule has 0 radical (unpaired) electrons. The summed E-state index contributed by atoms with van der Waals surface area (Å²) in [7, 11) is -1.87. The first kappa shape index (κ1) is 25.8. The number of aryl methyl sites for hydroxylation is 2. The van der Waals surface area contributed by atoms with Gasteiger partial charge in [0.25, 0.3) is 5.91 Å². The molecule has 172 valence electrons. The van der Waals surface area contributed by atoms with E-state index in [9.17, 15) is 13.2 Å². The highest BCUT2D eigenvalue weighted by molar-refractivity contribution is 7.99. The van der Waals surface area contributed by atoms with E-state index < -0.39 is 22.0 Å². The molecule has 11 heteroatoms. The number of benzene rings is 1. The van der Waals surface area contributed by atoms with E-state index in [1.807, 2.05) is 27.8 Å². The second-order valence-electron chi connectivity index (χ2n) is 7.21. The monoisotopic (exact) mass is 507 g/mol. The number of carbonyl (C=O) groups excluding carboxylic acids is 1. The standard InChI is InChI=1S/C20H27Cl2N3O4S2/c1-6-7-8-9-31(27,28)24-19(26)14(4)29-17-11-18(16(22)10-15(17)21)30-20-12(2)13(3)23-25(20)5/h10-11,14H,6-9H2,1-5H3,(H,24,26)/t14-/m0/s1. The third kappa shape index (κ3) is 7.03. The summed E-state index contributed by atoms with van der Waals surface area (Å²) >= 11 is 14.0. The molecule has 0 saturated carbocycles. The number of unbranched alkanes of at least 4 members (excludes halogenated alkanes) is 2. The summed E-state index contributed by atoms with van der Waals surface area (Å²) in [5.41, 5.74) is 1.94. The number of amides is 1. The topological polar surface area (TPSA) is 90.3 Å². The Kier molecular flexibility index (Phi) is 9.12. The molecule has 1 aromatic heterocycles. The van der Waals surface area contributed by atoms with E-state index in [1.165, 1.54) is 24.8 Å². The van der Waals surface area contributed by atoms with Crippen molar-refractivity contribution in [1.29, 1.82) is 0 Å². The molecule has 7 nitrogen and oxygen atoms in total. The van der Waals surface area contributed by atoms with Gasteiger partial charge in [0, 0.05) is 17.5 Å². The van der Waals surface area contributed by atoms with Crippen LogP contribution in [0.25, 0.3) is 0 Å². The molecular weight excluding hydrogens is 481 g/mol. The number of halogens is 2. The predicted molar refractivity (Wildman–Crippen MR) is 125 cm³/mol. The van der Waals surface area contributed by atoms with Gasteiger partial charge in [-0.05, 0) is 39.3 Å². The third-order valence-electron chi connectivity index (χ3n) is 4.60. The van der Waals surface area contributed by atoms with Gasteiger partial charge in [0.05, 0.1) is 21.5 Å². The Morgan fingerprint density at radius 2 is 1.94 bits per heavy atom. The van der Waals surface area contributed by atoms with E-state index in [4.69, 9.17) is 27.9 Å². The van der Waals surface area contributed by atoms with Gasteiger partial charge in [0.2, 0.25) is 10.0 Å². The fourth-order valence-electron chi connectivity index (χ4n) is 2.74. The van der Waals surface area contributed by atoms with Crippen LogP contribution in [0.3, 0.4) is 0 Å². The van der Waals surface area contributed by atoms with Crippen LogP contribution in [0.4, 0.5) is 0 Å². The van der Waals surface area contributed by atoms with Crippen LogP contribution in [0.5, 0.6) is 5.75 Å². The van der Waals surface area contributed by atoms with Crippen molar-refractivity contribution in [3.63, 3.8) is 0 Å². The molecule has 0 spiro atoms. The lowest BCUT2D eigenvalue weighted by molar-refractivity contribution is -0.125. The minimum absolute atomic E-state index is 0.106. The van der Waals surface area contributed by atoms with E-state index in [0.717, 1.165) is 29.1 Å². The van der Waals surface area contributed by atoms with Crippen molar-refractivity contribution < 1.29 is 17.9 Å². The second kappa shape index (κ2) is 10.9. The molecule has 0 bridgehead atoms. The van der Waals surface area contributed by atoms with Crippen LogP contribution >= 0.6 is 35.0 Å². The first-order valence-corrected chi connectivity index (χ1v) is 13.1. The molecule has 0 saturated heterocycles. The molecule has 0 unspecified atom stereocenters. The molecule has 0 aliphatic heterocycles. The third-order valence-corrected chi connectivity index (χ3v) is 7.98. The van der Waals surface area contributed by atoms with Crippen LogP contribution in [0.1, 0.15) is 44.4 Å². The van der Waals surface area contributed by atoms with Crippen molar-refractivity contribution in [3.05, 3.63) is 33.4 Å². The fraction of sp³-hybridized carbons (Fsp3) is 0.500. The highest BCUT2D eigenvalue weighted by atomic mass is 35.5. The molecule has 1 atom stereocenters. The van der Waals surface area contributed by atoms with E-state index >= 15 is 0 Å². The summed E-state index contributed by atoms with van der Waals surface area (Å²) in [5.74, 6) is -0.628. The SMILES string of the molecule is CCCCCS(=O)(=O)NC(=O)[C@H](C)Oc1cc(Sc2c(C)c(C)nn2C)c(Cl)cc1Cl. The maximum absolute atomic E-state index is 12.3. The number of nitrogens with one attached hydrogen (secondary N) is 1. The summed E-state index contributed by atoms with van der Waals surface area (Å²) in [6.07, 6.45) is 1.08. The van der Waals surface area contributed by atoms with Crippen LogP contribution in [0.15, 0.2) is 22.1 Å². The van der Waals surface area contributed by atoms with Gasteiger partial charge in [-0.2, -0.15) is 5.10 Å². The fourth-order valence-corrected chi connectivity index (χ4v) is 5.45. The molecule has 2 aromatic rings. The van der Waals surface area contributed by atoms with Gasteiger partial charge in [0.15, 0.2) is 6.10 Å². The molecule has 1 aromatic carbocycles. The average Bonchev–Trinajstić information content (AvgIpc) is 2.91. The lowest BCUT2D eigenvalue weighted by Crippen LogP contribution is -2.41. The van der Waals surface area contributed by atoms with E-state index in [2.05, 4.69) is 9.82 Å². The summed E-state index contributed by atoms with van der Waals surface area (Å²) in [6, 6.07) is 3.17. The lowest BCUT2D eigenvalue weighted by Gasteiger charge is -2.17. The summed E-state index contributed by atoms with van der Waals surface area (Å²) < 4.78 is 33.6. The largest absolute Gasteiger partial charge is 0.479 e. The number of hydrogen-bond acceptors (Lipinski definition) is 6. The molecule has 2 rings (SSSR count). The molecule has 1 N–H and O–H groups in total. The van der Waals surface area contributed by atoms with Crippen molar-refractivity contribution in [1.82, 2.24) is 14.5 Å². The predicted octanol–water partition coefficient (Wildman–Crippen LogP) is 4.90. The quantitative estimate of drug-likeness (QED) is 0.460. The minimum Gasteiger partial charge on any atom is -0.479 e. The Bertz CT molecular complexity index is 1060. The highest BCUT2D eigenvalue weighted by Gasteiger charge is 2.23. The number of carbonyl (C=O) groups is 1. The van der Waals surface area contributed by atoms with Crippen molar-refractivity contribution in [3.8, 4) is 5.75 Å². The van der Waals surface area contributed by atoms with Gasteiger partial charge in [-0.3, -0.25) is 9.48 Å². The second-order valence-corrected chi connectivity index (χ2v) is 10.9. The van der Waals surface area contributed by atoms with E-state index in [1.54, 1.807) is 10.7 Å². The van der Waals surface area contributed by atoms with Gasteiger partial charge in [-0.25, -0.2) is 13.1 Å². The van der Waals surface area contributed by atoms with Crippen LogP contribution in [0, 0.1) is 13.8 Å². The smallest absolute Gasteiger partial charge is 0.274 e. The number of nitrogens with zero attached hydrogens (tertiary/aromatic N) is 2. The van der Waals surface area contributed by atoms with Crippen LogP contribution in [-0.4, -0.2) is 36.0 Å². The Labute approximate surface area is 197 Å². The number of hydrogen-bond donors (Lipinski definition) is 1. The Morgan fingerprint density at radius 3 is 2.52 bits per heavy atom. The van der Waals surface area contributed by atoms with Crippen LogP contribution in [0.2, 0.25) is 10.0 Å². The van der Waals surface area contributed by atoms with Gasteiger partial charge in [0.1, 0.15) is 10.8 Å². The zero-order valence-corrected chi connectivity index (χ0v) is 21.3. The summed E-state index contributed by atoms with van der Waals surface area (Å²) in [6.45, 7) is 7.33. The lowest BCUT2D eigenvalue weighted by atomic mass is 10.3. The maximum atomic E-state index is 12.3. The zero-order chi connectivity index (χ0) is 23.3. The zero-order valence-electron chi connectivity index (χ0n) is 18.2. The number of rotatable bonds is 10. The average molecular weight is 508 g/mol. The van der Waals surface area contributed by atoms with Crippen molar-refractivity contribution >= 4 is 50.9 Å². The highest BCUT2D eigenvalue weighted by Crippen LogP contribution is 2.41. The van der Waals surface area contributed by atoms with Crippen molar-refractivity contribution in [2.45, 2.75) is 63.0 Å². The molecule has 0 aliphatic carbocycles. The molecule has 31 heavy (non-hydrogen) atoms. The van der Waals surface area contributed by atoms with E-state index in [0.29, 0.717) is 16.3 Å². The molecule has 1 heterocycles. The Hall–Kier alpha value is -1.42. The van der Waals surface area contributed by atoms with Gasteiger partial charge >= 0.3 is 0 Å². The van der Waals surface area contributed by atoms with Gasteiger partial charge in [-0.15, -0.1) is 0 Å². The minimum atomic E-state index is -3.71. The molecular formula is C20H27Cl2N3O4S2. The molecule has 0 aliphatic rings. The van der Waals surface area contributed by atoms with Gasteiger partial charge in [-0.1, -0.05) is 54.7 Å². The summed E-state index contributed by atoms with van der Waals surface area (Å²) in [4.78, 5) is 13.0. The Balaban J connectivity index is 2.15. The first-order valence-electron chi connectivity index (χ1n) is 9.83.